The van der Waals surface area contributed by atoms with Gasteiger partial charge in [-0.2, -0.15) is 0 Å². The topological polar surface area (TPSA) is 114 Å². The van der Waals surface area contributed by atoms with Crippen molar-refractivity contribution in [2.45, 2.75) is 64.8 Å². The van der Waals surface area contributed by atoms with Gasteiger partial charge in [0.1, 0.15) is 24.2 Å². The van der Waals surface area contributed by atoms with E-state index in [9.17, 15) is 19.2 Å². The summed E-state index contributed by atoms with van der Waals surface area (Å²) in [5.74, 6) is 1.03. The Morgan fingerprint density at radius 2 is 1.85 bits per heavy atom. The Labute approximate surface area is 200 Å². The van der Waals surface area contributed by atoms with E-state index in [-0.39, 0.29) is 18.5 Å². The molecule has 1 fully saturated rings. The normalized spacial score (nSPS) is 18.5. The predicted molar refractivity (Wildman–Crippen MR) is 125 cm³/mol. The number of ether oxygens (including phenoxy) is 2. The number of carbonyl (C=O) groups is 4. The number of rotatable bonds is 8. The number of benzene rings is 1. The fourth-order valence-electron chi connectivity index (χ4n) is 3.55. The Morgan fingerprint density at radius 3 is 2.38 bits per heavy atom. The first-order valence-corrected chi connectivity index (χ1v) is 11.1. The predicted octanol–water partition coefficient (Wildman–Crippen LogP) is 2.15. The number of amides is 3. The van der Waals surface area contributed by atoms with Crippen LogP contribution in [0, 0.1) is 18.3 Å². The molecule has 0 aromatic heterocycles. The molecule has 1 aromatic carbocycles. The Morgan fingerprint density at radius 1 is 1.24 bits per heavy atom. The molecular formula is C25H33N3O6. The van der Waals surface area contributed by atoms with E-state index in [1.54, 1.807) is 45.0 Å². The van der Waals surface area contributed by atoms with Crippen LogP contribution >= 0.6 is 0 Å². The minimum atomic E-state index is -1.11. The molecule has 34 heavy (non-hydrogen) atoms. The van der Waals surface area contributed by atoms with Crippen molar-refractivity contribution in [3.63, 3.8) is 0 Å². The first kappa shape index (κ1) is 26.7. The summed E-state index contributed by atoms with van der Waals surface area (Å²) in [5.41, 5.74) is 0.156. The van der Waals surface area contributed by atoms with Crippen molar-refractivity contribution in [2.75, 3.05) is 13.7 Å². The number of alkyl carbamates (subject to hydrolysis) is 1. The third-order valence-corrected chi connectivity index (χ3v) is 5.35. The molecule has 2 N–H and O–H groups in total. The summed E-state index contributed by atoms with van der Waals surface area (Å²) in [6.07, 6.45) is 5.62. The van der Waals surface area contributed by atoms with Gasteiger partial charge in [-0.15, -0.1) is 6.42 Å². The van der Waals surface area contributed by atoms with Gasteiger partial charge in [0.05, 0.1) is 7.11 Å². The lowest BCUT2D eigenvalue weighted by Crippen LogP contribution is -2.53. The molecule has 184 valence electrons. The molecule has 0 saturated heterocycles. The van der Waals surface area contributed by atoms with E-state index in [0.717, 1.165) is 0 Å². The molecule has 1 aliphatic carbocycles. The van der Waals surface area contributed by atoms with Crippen LogP contribution in [-0.2, 0) is 23.9 Å². The van der Waals surface area contributed by atoms with Gasteiger partial charge in [-0.25, -0.2) is 4.79 Å². The SMILES string of the molecule is C#Cc1ccccc1C(C(=O)NCC(=O)OC)N(C(=O)C(C)NC(=O)OC(C)(C)C)C1CC1C. The summed E-state index contributed by atoms with van der Waals surface area (Å²) in [5, 5.41) is 5.09. The first-order chi connectivity index (χ1) is 15.9. The monoisotopic (exact) mass is 471 g/mol. The lowest BCUT2D eigenvalue weighted by Gasteiger charge is -2.34. The largest absolute Gasteiger partial charge is 0.468 e. The molecule has 1 saturated carbocycles. The van der Waals surface area contributed by atoms with Crippen molar-refractivity contribution in [2.24, 2.45) is 5.92 Å². The van der Waals surface area contributed by atoms with E-state index in [1.165, 1.54) is 18.9 Å². The summed E-state index contributed by atoms with van der Waals surface area (Å²) in [6, 6.07) is 4.49. The van der Waals surface area contributed by atoms with Crippen molar-refractivity contribution in [3.8, 4) is 12.3 Å². The number of hydrogen-bond acceptors (Lipinski definition) is 6. The van der Waals surface area contributed by atoms with E-state index in [1.807, 2.05) is 6.92 Å². The van der Waals surface area contributed by atoms with Gasteiger partial charge >= 0.3 is 12.1 Å². The van der Waals surface area contributed by atoms with E-state index in [0.29, 0.717) is 17.5 Å². The molecule has 1 aromatic rings. The molecule has 0 bridgehead atoms. The minimum absolute atomic E-state index is 0.145. The van der Waals surface area contributed by atoms with Crippen LogP contribution in [0.25, 0.3) is 0 Å². The molecule has 0 heterocycles. The van der Waals surface area contributed by atoms with Gasteiger partial charge in [0.25, 0.3) is 0 Å². The van der Waals surface area contributed by atoms with Crippen molar-refractivity contribution in [3.05, 3.63) is 35.4 Å². The van der Waals surface area contributed by atoms with Gasteiger partial charge in [-0.3, -0.25) is 14.4 Å². The molecule has 4 atom stereocenters. The van der Waals surface area contributed by atoms with E-state index >= 15 is 0 Å². The summed E-state index contributed by atoms with van der Waals surface area (Å²) < 4.78 is 9.87. The molecule has 9 nitrogen and oxygen atoms in total. The molecule has 3 amide bonds. The zero-order valence-electron chi connectivity index (χ0n) is 20.5. The molecule has 0 radical (unpaired) electrons. The Balaban J connectivity index is 2.42. The Hall–Kier alpha value is -3.54. The van der Waals surface area contributed by atoms with E-state index in [2.05, 4.69) is 21.3 Å². The fourth-order valence-corrected chi connectivity index (χ4v) is 3.55. The van der Waals surface area contributed by atoms with Crippen LogP contribution in [-0.4, -0.2) is 60.1 Å². The van der Waals surface area contributed by atoms with Crippen LogP contribution in [0.4, 0.5) is 4.79 Å². The minimum Gasteiger partial charge on any atom is -0.468 e. The molecule has 0 spiro atoms. The Bertz CT molecular complexity index is 978. The van der Waals surface area contributed by atoms with Gasteiger partial charge in [0, 0.05) is 11.6 Å². The van der Waals surface area contributed by atoms with Crippen LogP contribution in [0.1, 0.15) is 58.2 Å². The molecule has 2 rings (SSSR count). The lowest BCUT2D eigenvalue weighted by atomic mass is 9.97. The first-order valence-electron chi connectivity index (χ1n) is 11.1. The smallest absolute Gasteiger partial charge is 0.408 e. The fraction of sp³-hybridized carbons (Fsp3) is 0.520. The summed E-state index contributed by atoms with van der Waals surface area (Å²) in [7, 11) is 1.21. The zero-order chi connectivity index (χ0) is 25.6. The van der Waals surface area contributed by atoms with Crippen molar-refractivity contribution < 1.29 is 28.7 Å². The number of nitrogens with one attached hydrogen (secondary N) is 2. The maximum atomic E-state index is 13.6. The molecule has 4 unspecified atom stereocenters. The summed E-state index contributed by atoms with van der Waals surface area (Å²) in [6.45, 7) is 8.29. The lowest BCUT2D eigenvalue weighted by molar-refractivity contribution is -0.145. The highest BCUT2D eigenvalue weighted by Gasteiger charge is 2.48. The van der Waals surface area contributed by atoms with Crippen molar-refractivity contribution in [1.82, 2.24) is 15.5 Å². The summed E-state index contributed by atoms with van der Waals surface area (Å²) in [4.78, 5) is 52.3. The number of carbonyl (C=O) groups excluding carboxylic acids is 4. The summed E-state index contributed by atoms with van der Waals surface area (Å²) >= 11 is 0. The van der Waals surface area contributed by atoms with Gasteiger partial charge in [-0.05, 0) is 51.7 Å². The molecule has 1 aliphatic rings. The van der Waals surface area contributed by atoms with Gasteiger partial charge in [-0.1, -0.05) is 31.0 Å². The van der Waals surface area contributed by atoms with Gasteiger partial charge in [0.2, 0.25) is 11.8 Å². The van der Waals surface area contributed by atoms with Crippen LogP contribution in [0.3, 0.4) is 0 Å². The Kier molecular flexibility index (Phi) is 8.68. The maximum absolute atomic E-state index is 13.6. The molecule has 0 aliphatic heterocycles. The quantitative estimate of drug-likeness (QED) is 0.444. The van der Waals surface area contributed by atoms with Crippen LogP contribution < -0.4 is 10.6 Å². The zero-order valence-corrected chi connectivity index (χ0v) is 20.5. The highest BCUT2D eigenvalue weighted by Crippen LogP contribution is 2.41. The third-order valence-electron chi connectivity index (χ3n) is 5.35. The number of nitrogens with zero attached hydrogens (tertiary/aromatic N) is 1. The van der Waals surface area contributed by atoms with Crippen LogP contribution in [0.5, 0.6) is 0 Å². The highest BCUT2D eigenvalue weighted by atomic mass is 16.6. The van der Waals surface area contributed by atoms with Crippen LogP contribution in [0.2, 0.25) is 0 Å². The number of esters is 1. The second kappa shape index (κ2) is 11.1. The average Bonchev–Trinajstić information content (AvgIpc) is 3.49. The van der Waals surface area contributed by atoms with E-state index < -0.39 is 41.6 Å². The van der Waals surface area contributed by atoms with Crippen molar-refractivity contribution in [1.29, 1.82) is 0 Å². The second-order valence-electron chi connectivity index (χ2n) is 9.32. The standard InChI is InChI=1S/C25H33N3O6/c1-8-17-11-9-10-12-18(17)21(22(30)26-14-20(29)33-7)28(19-13-15(19)2)23(31)16(3)27-24(32)34-25(4,5)6/h1,9-12,15-16,19,21H,13-14H2,2-7H3,(H,26,30)(H,27,32). The number of terminal acetylenes is 1. The third kappa shape index (κ3) is 6.98. The highest BCUT2D eigenvalue weighted by molar-refractivity contribution is 5.93. The second-order valence-corrected chi connectivity index (χ2v) is 9.32. The number of hydrogen-bond donors (Lipinski definition) is 2. The molecular weight excluding hydrogens is 438 g/mol. The van der Waals surface area contributed by atoms with Gasteiger partial charge < -0.3 is 25.0 Å². The average molecular weight is 472 g/mol. The molecule has 9 heteroatoms. The maximum Gasteiger partial charge on any atom is 0.408 e. The van der Waals surface area contributed by atoms with Gasteiger partial charge in [0.15, 0.2) is 0 Å². The van der Waals surface area contributed by atoms with Crippen LogP contribution in [0.15, 0.2) is 24.3 Å². The van der Waals surface area contributed by atoms with Crippen molar-refractivity contribution >= 4 is 23.9 Å². The number of methoxy groups -OCH3 is 1. The van der Waals surface area contributed by atoms with E-state index in [4.69, 9.17) is 11.2 Å².